The molecule has 1 aliphatic rings. The molecule has 0 spiro atoms. The van der Waals surface area contributed by atoms with Gasteiger partial charge in [-0.05, 0) is 55.5 Å². The first-order valence-electron chi connectivity index (χ1n) is 9.96. The van der Waals surface area contributed by atoms with Gasteiger partial charge in [0.2, 0.25) is 0 Å². The van der Waals surface area contributed by atoms with Crippen molar-refractivity contribution in [3.05, 3.63) is 67.3 Å². The lowest BCUT2D eigenvalue weighted by Crippen LogP contribution is -2.46. The molecule has 0 atom stereocenters. The number of carbonyl (C=O) groups is 2. The number of amides is 2. The number of piperidine rings is 1. The number of nitrogens with one attached hydrogen (secondary N) is 1. The van der Waals surface area contributed by atoms with E-state index < -0.39 is 0 Å². The average Bonchev–Trinajstić information content (AvgIpc) is 3.43. The van der Waals surface area contributed by atoms with Crippen LogP contribution in [0, 0.1) is 6.92 Å². The number of hydrogen-bond donors (Lipinski definition) is 1. The summed E-state index contributed by atoms with van der Waals surface area (Å²) in [7, 11) is 0. The summed E-state index contributed by atoms with van der Waals surface area (Å²) in [6, 6.07) is 9.05. The van der Waals surface area contributed by atoms with Crippen molar-refractivity contribution in [3.8, 4) is 5.75 Å². The molecule has 6 nitrogen and oxygen atoms in total. The summed E-state index contributed by atoms with van der Waals surface area (Å²) in [6.45, 7) is 3.38. The molecule has 0 aliphatic carbocycles. The summed E-state index contributed by atoms with van der Waals surface area (Å²) in [5, 5.41) is 8.21. The van der Waals surface area contributed by atoms with Crippen LogP contribution in [0.15, 0.2) is 41.1 Å². The average molecular weight is 476 g/mol. The number of likely N-dealkylation sites (tertiary alicyclic amines) is 1. The third-order valence-electron chi connectivity index (χ3n) is 5.11. The number of benzene rings is 1. The molecule has 0 bridgehead atoms. The number of thiophene rings is 1. The number of hydrogen-bond acceptors (Lipinski definition) is 6. The zero-order valence-corrected chi connectivity index (χ0v) is 19.4. The zero-order valence-electron chi connectivity index (χ0n) is 17.0. The maximum atomic E-state index is 13.0. The Morgan fingerprint density at radius 2 is 1.97 bits per heavy atom. The van der Waals surface area contributed by atoms with Gasteiger partial charge in [-0.15, -0.1) is 11.3 Å². The smallest absolute Gasteiger partial charge is 0.265 e. The van der Waals surface area contributed by atoms with Crippen molar-refractivity contribution in [2.75, 3.05) is 13.1 Å². The van der Waals surface area contributed by atoms with Crippen molar-refractivity contribution >= 4 is 46.1 Å². The molecule has 31 heavy (non-hydrogen) atoms. The van der Waals surface area contributed by atoms with Crippen LogP contribution in [-0.4, -0.2) is 40.8 Å². The van der Waals surface area contributed by atoms with Crippen LogP contribution >= 0.6 is 34.3 Å². The molecule has 162 valence electrons. The predicted molar refractivity (Wildman–Crippen MR) is 123 cm³/mol. The molecule has 1 N–H and O–H groups in total. The van der Waals surface area contributed by atoms with Gasteiger partial charge in [-0.1, -0.05) is 11.6 Å². The molecule has 0 radical (unpaired) electrons. The Balaban J connectivity index is 1.30. The van der Waals surface area contributed by atoms with Gasteiger partial charge < -0.3 is 15.0 Å². The molecule has 2 amide bonds. The van der Waals surface area contributed by atoms with E-state index in [1.165, 1.54) is 22.7 Å². The maximum Gasteiger partial charge on any atom is 0.265 e. The van der Waals surface area contributed by atoms with E-state index in [2.05, 4.69) is 10.3 Å². The van der Waals surface area contributed by atoms with Crippen molar-refractivity contribution in [2.24, 2.45) is 0 Å². The van der Waals surface area contributed by atoms with Crippen LogP contribution in [0.4, 0.5) is 0 Å². The molecule has 0 unspecified atom stereocenters. The first-order chi connectivity index (χ1) is 15.0. The molecule has 1 fully saturated rings. The molecule has 9 heteroatoms. The summed E-state index contributed by atoms with van der Waals surface area (Å²) in [6.07, 6.45) is 1.48. The highest BCUT2D eigenvalue weighted by Crippen LogP contribution is 2.24. The Bertz CT molecular complexity index is 1040. The number of halogens is 1. The Hall–Kier alpha value is -2.42. The molecule has 1 saturated heterocycles. The monoisotopic (exact) mass is 475 g/mol. The maximum absolute atomic E-state index is 13.0. The number of aryl methyl sites for hydroxylation is 1. The van der Waals surface area contributed by atoms with Gasteiger partial charge in [0.15, 0.2) is 0 Å². The highest BCUT2D eigenvalue weighted by atomic mass is 35.5. The second kappa shape index (κ2) is 9.80. The Morgan fingerprint density at radius 3 is 2.65 bits per heavy atom. The van der Waals surface area contributed by atoms with Gasteiger partial charge >= 0.3 is 0 Å². The van der Waals surface area contributed by atoms with E-state index in [1.54, 1.807) is 24.3 Å². The largest absolute Gasteiger partial charge is 0.486 e. The first-order valence-corrected chi connectivity index (χ1v) is 12.1. The summed E-state index contributed by atoms with van der Waals surface area (Å²) < 4.78 is 5.75. The van der Waals surface area contributed by atoms with Gasteiger partial charge in [-0.2, -0.15) is 11.3 Å². The van der Waals surface area contributed by atoms with Gasteiger partial charge in [0.1, 0.15) is 22.2 Å². The van der Waals surface area contributed by atoms with Gasteiger partial charge in [0, 0.05) is 35.1 Å². The SMILES string of the molecule is Cc1nc(COc2ccc(Cl)cc2)sc1C(=O)N1CCC(NC(=O)c2ccsc2)CC1. The molecular weight excluding hydrogens is 454 g/mol. The summed E-state index contributed by atoms with van der Waals surface area (Å²) in [5.41, 5.74) is 1.41. The lowest BCUT2D eigenvalue weighted by atomic mass is 10.0. The van der Waals surface area contributed by atoms with E-state index >= 15 is 0 Å². The lowest BCUT2D eigenvalue weighted by Gasteiger charge is -2.32. The van der Waals surface area contributed by atoms with Gasteiger partial charge in [0.05, 0.1) is 5.69 Å². The Kier molecular flexibility index (Phi) is 6.89. The fraction of sp³-hybridized carbons (Fsp3) is 0.318. The van der Waals surface area contributed by atoms with Gasteiger partial charge in [0.25, 0.3) is 11.8 Å². The molecule has 3 aromatic rings. The van der Waals surface area contributed by atoms with E-state index in [9.17, 15) is 9.59 Å². The quantitative estimate of drug-likeness (QED) is 0.557. The van der Waals surface area contributed by atoms with Crippen molar-refractivity contribution < 1.29 is 14.3 Å². The number of nitrogens with zero attached hydrogens (tertiary/aromatic N) is 2. The zero-order chi connectivity index (χ0) is 21.8. The number of thiazole rings is 1. The molecule has 2 aromatic heterocycles. The molecule has 1 aliphatic heterocycles. The predicted octanol–water partition coefficient (Wildman–Crippen LogP) is 4.78. The fourth-order valence-electron chi connectivity index (χ4n) is 3.42. The molecule has 1 aromatic carbocycles. The van der Waals surface area contributed by atoms with Crippen LogP contribution in [0.25, 0.3) is 0 Å². The standard InChI is InChI=1S/C22H22ClN3O3S2/c1-14-20(31-19(24-14)12-29-18-4-2-16(23)3-5-18)22(28)26-9-6-17(7-10-26)25-21(27)15-8-11-30-13-15/h2-5,8,11,13,17H,6-7,9-10,12H2,1H3,(H,25,27). The Morgan fingerprint density at radius 1 is 1.23 bits per heavy atom. The third kappa shape index (κ3) is 5.44. The topological polar surface area (TPSA) is 71.5 Å². The molecule has 3 heterocycles. The summed E-state index contributed by atoms with van der Waals surface area (Å²) >= 11 is 8.77. The van der Waals surface area contributed by atoms with Crippen molar-refractivity contribution in [3.63, 3.8) is 0 Å². The van der Waals surface area contributed by atoms with Crippen LogP contribution in [0.1, 0.15) is 43.6 Å². The minimum atomic E-state index is -0.0466. The van der Waals surface area contributed by atoms with Gasteiger partial charge in [-0.3, -0.25) is 9.59 Å². The van der Waals surface area contributed by atoms with Crippen molar-refractivity contribution in [1.29, 1.82) is 0 Å². The Labute approximate surface area is 193 Å². The normalized spacial score (nSPS) is 14.5. The summed E-state index contributed by atoms with van der Waals surface area (Å²) in [5.74, 6) is 0.654. The lowest BCUT2D eigenvalue weighted by molar-refractivity contribution is 0.0702. The van der Waals surface area contributed by atoms with Crippen LogP contribution in [-0.2, 0) is 6.61 Å². The van der Waals surface area contributed by atoms with E-state index in [1.807, 2.05) is 28.7 Å². The fourth-order valence-corrected chi connectivity index (χ4v) is 5.13. The van der Waals surface area contributed by atoms with Crippen LogP contribution in [0.2, 0.25) is 5.02 Å². The van der Waals surface area contributed by atoms with E-state index in [-0.39, 0.29) is 17.9 Å². The molecule has 4 rings (SSSR count). The number of ether oxygens (including phenoxy) is 1. The van der Waals surface area contributed by atoms with Crippen LogP contribution in [0.3, 0.4) is 0 Å². The highest BCUT2D eigenvalue weighted by Gasteiger charge is 2.27. The van der Waals surface area contributed by atoms with Gasteiger partial charge in [-0.25, -0.2) is 4.98 Å². The second-order valence-corrected chi connectivity index (χ2v) is 9.62. The summed E-state index contributed by atoms with van der Waals surface area (Å²) in [4.78, 5) is 32.2. The van der Waals surface area contributed by atoms with Crippen LogP contribution in [0.5, 0.6) is 5.75 Å². The second-order valence-electron chi connectivity index (χ2n) is 7.32. The number of aromatic nitrogens is 1. The van der Waals surface area contributed by atoms with Crippen molar-refractivity contribution in [1.82, 2.24) is 15.2 Å². The van der Waals surface area contributed by atoms with E-state index in [0.29, 0.717) is 40.9 Å². The van der Waals surface area contributed by atoms with Crippen LogP contribution < -0.4 is 10.1 Å². The highest BCUT2D eigenvalue weighted by molar-refractivity contribution is 7.13. The molecule has 0 saturated carbocycles. The molecular formula is C22H22ClN3O3S2. The van der Waals surface area contributed by atoms with E-state index in [4.69, 9.17) is 16.3 Å². The minimum absolute atomic E-state index is 0.00430. The van der Waals surface area contributed by atoms with Crippen molar-refractivity contribution in [2.45, 2.75) is 32.4 Å². The number of carbonyl (C=O) groups excluding carboxylic acids is 2. The van der Waals surface area contributed by atoms with E-state index in [0.717, 1.165) is 23.5 Å². The number of rotatable bonds is 6. The first kappa shape index (κ1) is 21.8. The minimum Gasteiger partial charge on any atom is -0.486 e. The third-order valence-corrected chi connectivity index (χ3v) is 7.17.